The predicted octanol–water partition coefficient (Wildman–Crippen LogP) is 1.52. The van der Waals surface area contributed by atoms with Crippen molar-refractivity contribution in [1.29, 1.82) is 0 Å². The van der Waals surface area contributed by atoms with Crippen LogP contribution in [0.4, 0.5) is 18.0 Å². The van der Waals surface area contributed by atoms with E-state index in [1.165, 1.54) is 0 Å². The number of hydrazine groups is 1. The summed E-state index contributed by atoms with van der Waals surface area (Å²) < 4.78 is 51.1. The van der Waals surface area contributed by atoms with Gasteiger partial charge in [-0.1, -0.05) is 0 Å². The Labute approximate surface area is 171 Å². The third kappa shape index (κ3) is 5.75. The average molecular weight is 437 g/mol. The van der Waals surface area contributed by atoms with Crippen LogP contribution >= 0.6 is 0 Å². The van der Waals surface area contributed by atoms with Gasteiger partial charge in [0.05, 0.1) is 30.3 Å². The van der Waals surface area contributed by atoms with Crippen LogP contribution in [-0.4, -0.2) is 54.2 Å². The van der Waals surface area contributed by atoms with Crippen LogP contribution in [0, 0.1) is 11.8 Å². The fourth-order valence-electron chi connectivity index (χ4n) is 3.93. The van der Waals surface area contributed by atoms with E-state index in [0.717, 1.165) is 0 Å². The van der Waals surface area contributed by atoms with Crippen LogP contribution in [0.5, 0.6) is 0 Å². The molecule has 2 heterocycles. The molecule has 30 heavy (non-hydrogen) atoms. The highest BCUT2D eigenvalue weighted by Gasteiger charge is 2.51. The second-order valence-corrected chi connectivity index (χ2v) is 8.88. The van der Waals surface area contributed by atoms with Gasteiger partial charge in [-0.25, -0.2) is 4.79 Å². The molecular formula is C18H26F3N3O6. The minimum atomic E-state index is -4.72. The zero-order chi connectivity index (χ0) is 22.3. The van der Waals surface area contributed by atoms with Crippen LogP contribution in [0.3, 0.4) is 0 Å². The Morgan fingerprint density at radius 2 is 1.57 bits per heavy atom. The topological polar surface area (TPSA) is 115 Å². The van der Waals surface area contributed by atoms with Gasteiger partial charge in [-0.05, 0) is 46.5 Å². The molecule has 3 rings (SSSR count). The summed E-state index contributed by atoms with van der Waals surface area (Å²) in [4.78, 5) is 36.2. The number of ether oxygens (including phenoxy) is 3. The summed E-state index contributed by atoms with van der Waals surface area (Å²) in [5.74, 6) is -2.13. The molecule has 4 atom stereocenters. The molecule has 3 fully saturated rings. The van der Waals surface area contributed by atoms with Crippen LogP contribution in [0.2, 0.25) is 0 Å². The third-order valence-corrected chi connectivity index (χ3v) is 5.33. The first-order chi connectivity index (χ1) is 13.8. The number of alkyl carbamates (subject to hydrolysis) is 1. The van der Waals surface area contributed by atoms with Gasteiger partial charge in [0.15, 0.2) is 0 Å². The van der Waals surface area contributed by atoms with Gasteiger partial charge in [0, 0.05) is 5.92 Å². The summed E-state index contributed by atoms with van der Waals surface area (Å²) in [7, 11) is 0. The second kappa shape index (κ2) is 8.22. The van der Waals surface area contributed by atoms with Crippen molar-refractivity contribution < 1.29 is 41.8 Å². The molecule has 2 bridgehead atoms. The first kappa shape index (κ1) is 22.6. The number of hydrogen-bond acceptors (Lipinski definition) is 6. The molecule has 0 spiro atoms. The first-order valence-electron chi connectivity index (χ1n) is 9.80. The number of halogens is 3. The normalized spacial score (nSPS) is 32.9. The molecule has 0 radical (unpaired) electrons. The maximum Gasteiger partial charge on any atom is 0.522 e. The summed E-state index contributed by atoms with van der Waals surface area (Å²) in [6, 6.07) is -0.260. The fraction of sp³-hybridized carbons (Fsp3) is 0.833. The van der Waals surface area contributed by atoms with Crippen LogP contribution in [0.15, 0.2) is 0 Å². The highest BCUT2D eigenvalue weighted by molar-refractivity contribution is 5.85. The molecule has 1 aliphatic carbocycles. The Morgan fingerprint density at radius 3 is 2.10 bits per heavy atom. The van der Waals surface area contributed by atoms with E-state index in [-0.39, 0.29) is 25.0 Å². The van der Waals surface area contributed by atoms with Gasteiger partial charge in [0.2, 0.25) is 11.8 Å². The molecule has 2 aliphatic heterocycles. The third-order valence-electron chi connectivity index (χ3n) is 5.33. The molecule has 3 aliphatic rings. The Bertz CT molecular complexity index is 690. The Balaban J connectivity index is 1.36. The zero-order valence-corrected chi connectivity index (χ0v) is 16.9. The van der Waals surface area contributed by atoms with E-state index in [9.17, 15) is 27.6 Å². The first-order valence-corrected chi connectivity index (χ1v) is 9.80. The van der Waals surface area contributed by atoms with Gasteiger partial charge < -0.3 is 14.8 Å². The van der Waals surface area contributed by atoms with E-state index >= 15 is 0 Å². The zero-order valence-electron chi connectivity index (χ0n) is 16.9. The van der Waals surface area contributed by atoms with Crippen molar-refractivity contribution in [3.63, 3.8) is 0 Å². The van der Waals surface area contributed by atoms with Gasteiger partial charge in [-0.3, -0.25) is 25.2 Å². The van der Waals surface area contributed by atoms with Crippen molar-refractivity contribution in [2.45, 2.75) is 82.8 Å². The number of fused-ring (bicyclic) bond motifs is 2. The summed E-state index contributed by atoms with van der Waals surface area (Å²) in [5, 5.41) is 2.75. The largest absolute Gasteiger partial charge is 0.522 e. The maximum absolute atomic E-state index is 12.3. The van der Waals surface area contributed by atoms with E-state index in [2.05, 4.69) is 20.9 Å². The van der Waals surface area contributed by atoms with E-state index < -0.39 is 53.9 Å². The van der Waals surface area contributed by atoms with Gasteiger partial charge in [-0.2, -0.15) is 0 Å². The number of alkyl halides is 3. The van der Waals surface area contributed by atoms with Crippen molar-refractivity contribution in [1.82, 2.24) is 16.2 Å². The van der Waals surface area contributed by atoms with Crippen LogP contribution in [0.25, 0.3) is 0 Å². The highest BCUT2D eigenvalue weighted by atomic mass is 19.4. The lowest BCUT2D eigenvalue weighted by Crippen LogP contribution is -2.53. The van der Waals surface area contributed by atoms with Gasteiger partial charge in [0.25, 0.3) is 0 Å². The smallest absolute Gasteiger partial charge is 0.444 e. The van der Waals surface area contributed by atoms with Crippen molar-refractivity contribution in [2.75, 3.05) is 0 Å². The van der Waals surface area contributed by atoms with Crippen LogP contribution in [0.1, 0.15) is 46.5 Å². The number of nitrogens with one attached hydrogen (secondary N) is 3. The number of amides is 3. The highest BCUT2D eigenvalue weighted by Crippen LogP contribution is 2.39. The molecule has 12 heteroatoms. The summed E-state index contributed by atoms with van der Waals surface area (Å²) in [5.41, 5.74) is 3.94. The Morgan fingerprint density at radius 1 is 0.933 bits per heavy atom. The minimum absolute atomic E-state index is 0.0591. The maximum atomic E-state index is 12.3. The molecule has 3 N–H and O–H groups in total. The molecule has 9 nitrogen and oxygen atoms in total. The van der Waals surface area contributed by atoms with E-state index in [1.54, 1.807) is 20.8 Å². The van der Waals surface area contributed by atoms with Gasteiger partial charge >= 0.3 is 12.5 Å². The van der Waals surface area contributed by atoms with E-state index in [0.29, 0.717) is 12.8 Å². The van der Waals surface area contributed by atoms with E-state index in [4.69, 9.17) is 9.47 Å². The summed E-state index contributed by atoms with van der Waals surface area (Å²) in [6.45, 7) is 5.27. The van der Waals surface area contributed by atoms with Crippen molar-refractivity contribution in [3.8, 4) is 0 Å². The molecule has 0 unspecified atom stereocenters. The predicted molar refractivity (Wildman–Crippen MR) is 94.5 cm³/mol. The number of carbonyl (C=O) groups is 3. The standard InChI is InChI=1S/C18H26F3N3O6/c1-17(2,3)30-16(27)22-11-7-12-10(6-13(11)28-12)15(26)24-23-14(25)8-4-9(5-8)29-18(19,20)21/h8-13H,4-7H2,1-3H3,(H,22,27)(H,23,25)(H,24,26)/t8-,9+,10-,11-,12+,13+/m0/s1. The van der Waals surface area contributed by atoms with Crippen molar-refractivity contribution in [2.24, 2.45) is 11.8 Å². The molecular weight excluding hydrogens is 411 g/mol. The van der Waals surface area contributed by atoms with Gasteiger partial charge in [-0.15, -0.1) is 13.2 Å². The quantitative estimate of drug-likeness (QED) is 0.575. The molecule has 0 aromatic heterocycles. The lowest BCUT2D eigenvalue weighted by Gasteiger charge is -2.34. The minimum Gasteiger partial charge on any atom is -0.444 e. The summed E-state index contributed by atoms with van der Waals surface area (Å²) in [6.07, 6.45) is -6.35. The Hall–Kier alpha value is -2.08. The molecule has 3 amide bonds. The number of carbonyl (C=O) groups excluding carboxylic acids is 3. The van der Waals surface area contributed by atoms with Gasteiger partial charge in [0.1, 0.15) is 5.60 Å². The SMILES string of the molecule is CC(C)(C)OC(=O)N[C@H]1C[C@H]2O[C@@H]1C[C@@H]2C(=O)NNC(=O)[C@H]1C[C@@H](OC(F)(F)F)C1. The average Bonchev–Trinajstić information content (AvgIpc) is 3.12. The summed E-state index contributed by atoms with van der Waals surface area (Å²) >= 11 is 0. The number of rotatable bonds is 4. The monoisotopic (exact) mass is 437 g/mol. The molecule has 170 valence electrons. The number of hydrogen-bond donors (Lipinski definition) is 3. The van der Waals surface area contributed by atoms with E-state index in [1.807, 2.05) is 0 Å². The Kier molecular flexibility index (Phi) is 6.19. The van der Waals surface area contributed by atoms with Crippen LogP contribution in [-0.2, 0) is 23.8 Å². The fourth-order valence-corrected chi connectivity index (χ4v) is 3.93. The second-order valence-electron chi connectivity index (χ2n) is 8.88. The lowest BCUT2D eigenvalue weighted by molar-refractivity contribution is -0.353. The molecule has 2 saturated heterocycles. The molecule has 0 aromatic rings. The van der Waals surface area contributed by atoms with Crippen LogP contribution < -0.4 is 16.2 Å². The van der Waals surface area contributed by atoms with Crippen molar-refractivity contribution in [3.05, 3.63) is 0 Å². The van der Waals surface area contributed by atoms with Crippen molar-refractivity contribution >= 4 is 17.9 Å². The lowest BCUT2D eigenvalue weighted by atomic mass is 9.82. The molecule has 1 saturated carbocycles. The molecule has 0 aromatic carbocycles.